The SMILES string of the molecule is Br.Br.[Na+].[OH-]. The van der Waals surface area contributed by atoms with E-state index in [1.54, 1.807) is 0 Å². The zero-order chi connectivity index (χ0) is 0. The molecule has 0 radical (unpaired) electrons. The summed E-state index contributed by atoms with van der Waals surface area (Å²) in [5.74, 6) is 0. The van der Waals surface area contributed by atoms with Crippen LogP contribution in [0.1, 0.15) is 0 Å². The molecule has 0 rings (SSSR count). The van der Waals surface area contributed by atoms with E-state index in [-0.39, 0.29) is 69.0 Å². The average molecular weight is 202 g/mol. The van der Waals surface area contributed by atoms with Crippen molar-refractivity contribution in [2.24, 2.45) is 0 Å². The topological polar surface area (TPSA) is 30.0 Å². The van der Waals surface area contributed by atoms with Crippen LogP contribution in [0.3, 0.4) is 0 Å². The van der Waals surface area contributed by atoms with Crippen molar-refractivity contribution in [3.8, 4) is 0 Å². The molecule has 0 aliphatic rings. The van der Waals surface area contributed by atoms with Gasteiger partial charge in [-0.3, -0.25) is 0 Å². The van der Waals surface area contributed by atoms with E-state index >= 15 is 0 Å². The number of halogens is 2. The molecule has 0 spiro atoms. The molecule has 4 heteroatoms. The van der Waals surface area contributed by atoms with Gasteiger partial charge < -0.3 is 5.48 Å². The molecule has 24 valence electrons. The molecule has 1 nitrogen and oxygen atoms in total. The Morgan fingerprint density at radius 1 is 0.750 bits per heavy atom. The molecule has 0 amide bonds. The Morgan fingerprint density at radius 2 is 0.750 bits per heavy atom. The largest absolute Gasteiger partial charge is 1.00 e. The molecular formula is H3Br2NaO. The maximum atomic E-state index is 0. The molecule has 0 saturated carbocycles. The molecule has 0 aliphatic heterocycles. The number of rotatable bonds is 0. The van der Waals surface area contributed by atoms with Crippen molar-refractivity contribution in [2.45, 2.75) is 0 Å². The van der Waals surface area contributed by atoms with Gasteiger partial charge >= 0.3 is 29.6 Å². The van der Waals surface area contributed by atoms with Gasteiger partial charge in [0.05, 0.1) is 0 Å². The first kappa shape index (κ1) is 38.9. The van der Waals surface area contributed by atoms with Crippen LogP contribution in [0.4, 0.5) is 0 Å². The molecule has 4 heavy (non-hydrogen) atoms. The van der Waals surface area contributed by atoms with Crippen LogP contribution < -0.4 is 29.6 Å². The second-order valence-corrected chi connectivity index (χ2v) is 0. The molecule has 0 aromatic carbocycles. The van der Waals surface area contributed by atoms with E-state index in [9.17, 15) is 0 Å². The van der Waals surface area contributed by atoms with E-state index in [4.69, 9.17) is 0 Å². The molecule has 0 fully saturated rings. The van der Waals surface area contributed by atoms with Crippen LogP contribution in [0.5, 0.6) is 0 Å². The maximum Gasteiger partial charge on any atom is 1.00 e. The molecule has 0 heterocycles. The minimum Gasteiger partial charge on any atom is -0.870 e. The normalized spacial score (nSPS) is 0. The van der Waals surface area contributed by atoms with Crippen LogP contribution >= 0.6 is 34.0 Å². The van der Waals surface area contributed by atoms with Crippen LogP contribution in [-0.4, -0.2) is 5.48 Å². The van der Waals surface area contributed by atoms with Gasteiger partial charge in [-0.25, -0.2) is 0 Å². The minimum absolute atomic E-state index is 0. The van der Waals surface area contributed by atoms with E-state index in [2.05, 4.69) is 0 Å². The fourth-order valence-electron chi connectivity index (χ4n) is 0. The van der Waals surface area contributed by atoms with E-state index in [1.807, 2.05) is 0 Å². The molecular weight excluding hydrogens is 199 g/mol. The van der Waals surface area contributed by atoms with Gasteiger partial charge in [-0.2, -0.15) is 0 Å². The second kappa shape index (κ2) is 20.5. The molecule has 0 bridgehead atoms. The van der Waals surface area contributed by atoms with Gasteiger partial charge in [0.25, 0.3) is 0 Å². The smallest absolute Gasteiger partial charge is 0.870 e. The Kier molecular flexibility index (Phi) is 199. The van der Waals surface area contributed by atoms with E-state index in [0.29, 0.717) is 0 Å². The molecule has 0 atom stereocenters. The first-order valence-electron chi connectivity index (χ1n) is 0. The van der Waals surface area contributed by atoms with E-state index in [0.717, 1.165) is 0 Å². The monoisotopic (exact) mass is 200 g/mol. The number of hydrogen-bond donors (Lipinski definition) is 0. The summed E-state index contributed by atoms with van der Waals surface area (Å²) in [5.41, 5.74) is 0. The maximum absolute atomic E-state index is 0. The molecule has 0 aliphatic carbocycles. The average Bonchev–Trinajstić information content (AvgIpc) is 0. The third kappa shape index (κ3) is 9.07. The van der Waals surface area contributed by atoms with Crippen molar-refractivity contribution in [1.29, 1.82) is 0 Å². The van der Waals surface area contributed by atoms with Crippen molar-refractivity contribution >= 4 is 34.0 Å². The van der Waals surface area contributed by atoms with Crippen LogP contribution in [-0.2, 0) is 0 Å². The minimum atomic E-state index is 0. The van der Waals surface area contributed by atoms with Crippen molar-refractivity contribution in [3.05, 3.63) is 0 Å². The summed E-state index contributed by atoms with van der Waals surface area (Å²) in [7, 11) is 0. The summed E-state index contributed by atoms with van der Waals surface area (Å²) in [6.45, 7) is 0. The summed E-state index contributed by atoms with van der Waals surface area (Å²) in [6, 6.07) is 0. The van der Waals surface area contributed by atoms with Crippen LogP contribution in [0.25, 0.3) is 0 Å². The second-order valence-electron chi connectivity index (χ2n) is 0. The molecule has 0 saturated heterocycles. The zero-order valence-corrected chi connectivity index (χ0v) is 7.69. The molecule has 0 unspecified atom stereocenters. The Bertz CT molecular complexity index is 6.00. The Morgan fingerprint density at radius 3 is 0.750 bits per heavy atom. The van der Waals surface area contributed by atoms with Crippen molar-refractivity contribution in [3.63, 3.8) is 0 Å². The van der Waals surface area contributed by atoms with Gasteiger partial charge in [0.2, 0.25) is 0 Å². The van der Waals surface area contributed by atoms with Gasteiger partial charge in [-0.05, 0) is 0 Å². The number of hydrogen-bond acceptors (Lipinski definition) is 1. The van der Waals surface area contributed by atoms with Crippen molar-refractivity contribution < 1.29 is 35.0 Å². The Hall–Kier alpha value is 1.92. The first-order chi connectivity index (χ1) is 0. The van der Waals surface area contributed by atoms with Crippen LogP contribution in [0.2, 0.25) is 0 Å². The molecule has 0 aromatic heterocycles. The summed E-state index contributed by atoms with van der Waals surface area (Å²) >= 11 is 0. The fourth-order valence-corrected chi connectivity index (χ4v) is 0. The summed E-state index contributed by atoms with van der Waals surface area (Å²) in [4.78, 5) is 0. The molecule has 1 N–H and O–H groups in total. The Balaban J connectivity index is 0. The molecule has 0 aromatic rings. The predicted octanol–water partition coefficient (Wildman–Crippen LogP) is -2.02. The fraction of sp³-hybridized carbons (Fsp3) is 0. The first-order valence-corrected chi connectivity index (χ1v) is 0. The van der Waals surface area contributed by atoms with Gasteiger partial charge in [-0.15, -0.1) is 34.0 Å². The third-order valence-electron chi connectivity index (χ3n) is 0. The van der Waals surface area contributed by atoms with Gasteiger partial charge in [0.1, 0.15) is 0 Å². The van der Waals surface area contributed by atoms with E-state index in [1.165, 1.54) is 0 Å². The van der Waals surface area contributed by atoms with Gasteiger partial charge in [-0.1, -0.05) is 0 Å². The van der Waals surface area contributed by atoms with Crippen LogP contribution in [0, 0.1) is 0 Å². The third-order valence-corrected chi connectivity index (χ3v) is 0. The Labute approximate surface area is 68.3 Å². The zero-order valence-electron chi connectivity index (χ0n) is 2.26. The predicted molar refractivity (Wildman–Crippen MR) is 22.6 cm³/mol. The standard InChI is InChI=1S/2BrH.Na.H2O/h2*1H;;1H2/q;;+1;/p-1. The summed E-state index contributed by atoms with van der Waals surface area (Å²) in [5, 5.41) is 0. The van der Waals surface area contributed by atoms with Gasteiger partial charge in [0.15, 0.2) is 0 Å². The quantitative estimate of drug-likeness (QED) is 0.417. The summed E-state index contributed by atoms with van der Waals surface area (Å²) in [6.07, 6.45) is 0. The summed E-state index contributed by atoms with van der Waals surface area (Å²) < 4.78 is 0. The van der Waals surface area contributed by atoms with Crippen LogP contribution in [0.15, 0.2) is 0 Å². The van der Waals surface area contributed by atoms with Gasteiger partial charge in [0, 0.05) is 0 Å². The van der Waals surface area contributed by atoms with Crippen molar-refractivity contribution in [1.82, 2.24) is 0 Å². The van der Waals surface area contributed by atoms with Crippen molar-refractivity contribution in [2.75, 3.05) is 0 Å². The van der Waals surface area contributed by atoms with E-state index < -0.39 is 0 Å².